The van der Waals surface area contributed by atoms with Crippen molar-refractivity contribution in [1.82, 2.24) is 9.71 Å². The number of nitrogens with zero attached hydrogens (tertiary/aromatic N) is 2. The fraction of sp³-hybridized carbons (Fsp3) is 0.350. The summed E-state index contributed by atoms with van der Waals surface area (Å²) in [6.07, 6.45) is 6.64. The van der Waals surface area contributed by atoms with Gasteiger partial charge in [0.15, 0.2) is 0 Å². The van der Waals surface area contributed by atoms with Crippen LogP contribution in [0.5, 0.6) is 0 Å². The van der Waals surface area contributed by atoms with E-state index in [9.17, 15) is 18.0 Å². The molecule has 1 aliphatic carbocycles. The summed E-state index contributed by atoms with van der Waals surface area (Å²) in [5.41, 5.74) is 0.335. The Morgan fingerprint density at radius 3 is 2.59 bits per heavy atom. The van der Waals surface area contributed by atoms with Crippen LogP contribution in [0.4, 0.5) is 5.69 Å². The van der Waals surface area contributed by atoms with Gasteiger partial charge in [-0.05, 0) is 42.7 Å². The highest BCUT2D eigenvalue weighted by atomic mass is 35.5. The molecule has 1 aromatic carbocycles. The molecule has 2 aliphatic rings. The molecule has 0 unspecified atom stereocenters. The van der Waals surface area contributed by atoms with Crippen LogP contribution in [0.2, 0.25) is 5.02 Å². The quantitative estimate of drug-likeness (QED) is 0.731. The van der Waals surface area contributed by atoms with Gasteiger partial charge in [0.25, 0.3) is 0 Å². The molecule has 1 spiro atoms. The van der Waals surface area contributed by atoms with Crippen molar-refractivity contribution in [3.8, 4) is 0 Å². The molecule has 2 aromatic rings. The van der Waals surface area contributed by atoms with Crippen LogP contribution in [-0.4, -0.2) is 25.2 Å². The minimum Gasteiger partial charge on any atom is -0.274 e. The Bertz CT molecular complexity index is 1070. The highest BCUT2D eigenvalue weighted by molar-refractivity contribution is 7.89. The summed E-state index contributed by atoms with van der Waals surface area (Å²) in [7, 11) is -3.82. The minimum atomic E-state index is -3.82. The summed E-state index contributed by atoms with van der Waals surface area (Å²) in [6.45, 7) is 0.0845. The van der Waals surface area contributed by atoms with E-state index in [4.69, 9.17) is 11.6 Å². The summed E-state index contributed by atoms with van der Waals surface area (Å²) in [6, 6.07) is 7.52. The molecule has 1 aliphatic heterocycles. The number of imide groups is 1. The highest BCUT2D eigenvalue weighted by Gasteiger charge is 2.53. The van der Waals surface area contributed by atoms with Crippen molar-refractivity contribution in [1.29, 1.82) is 0 Å². The number of amides is 2. The van der Waals surface area contributed by atoms with Gasteiger partial charge in [-0.3, -0.25) is 14.6 Å². The van der Waals surface area contributed by atoms with Crippen LogP contribution in [0, 0.1) is 5.41 Å². The molecule has 4 rings (SSSR count). The maximum Gasteiger partial charge on any atom is 0.240 e. The molecule has 9 heteroatoms. The van der Waals surface area contributed by atoms with Crippen LogP contribution in [-0.2, 0) is 26.2 Å². The highest BCUT2D eigenvalue weighted by Crippen LogP contribution is 2.48. The zero-order chi connectivity index (χ0) is 20.6. The molecule has 0 radical (unpaired) electrons. The van der Waals surface area contributed by atoms with Crippen LogP contribution >= 0.6 is 11.6 Å². The van der Waals surface area contributed by atoms with Crippen molar-refractivity contribution in [3.63, 3.8) is 0 Å². The Kier molecular flexibility index (Phi) is 5.18. The van der Waals surface area contributed by atoms with E-state index >= 15 is 0 Å². The Morgan fingerprint density at radius 2 is 1.93 bits per heavy atom. The number of benzene rings is 1. The number of rotatable bonds is 5. The van der Waals surface area contributed by atoms with E-state index < -0.39 is 15.4 Å². The van der Waals surface area contributed by atoms with Gasteiger partial charge in [-0.1, -0.05) is 30.5 Å². The Hall–Kier alpha value is -2.29. The van der Waals surface area contributed by atoms with Crippen molar-refractivity contribution in [2.75, 3.05) is 4.90 Å². The standard InChI is InChI=1S/C20H20ClN3O4S/c21-16-10-15(29(27,28)23-13-14-4-3-9-22-12-14)5-6-17(16)24-18(25)11-20(19(24)26)7-1-2-8-20/h3-6,9-10,12,23H,1-2,7-8,11,13H2. The summed E-state index contributed by atoms with van der Waals surface area (Å²) in [5.74, 6) is -0.517. The molecule has 1 saturated carbocycles. The van der Waals surface area contributed by atoms with E-state index in [0.29, 0.717) is 18.4 Å². The molecular formula is C20H20ClN3O4S. The lowest BCUT2D eigenvalue weighted by molar-refractivity contribution is -0.125. The summed E-state index contributed by atoms with van der Waals surface area (Å²) in [5, 5.41) is 0.0472. The lowest BCUT2D eigenvalue weighted by Crippen LogP contribution is -2.34. The van der Waals surface area contributed by atoms with Crippen molar-refractivity contribution in [2.24, 2.45) is 5.41 Å². The van der Waals surface area contributed by atoms with E-state index in [0.717, 1.165) is 17.7 Å². The van der Waals surface area contributed by atoms with Gasteiger partial charge in [0.2, 0.25) is 21.8 Å². The van der Waals surface area contributed by atoms with Gasteiger partial charge in [0, 0.05) is 25.4 Å². The topological polar surface area (TPSA) is 96.4 Å². The third kappa shape index (κ3) is 3.68. The van der Waals surface area contributed by atoms with Crippen LogP contribution in [0.3, 0.4) is 0 Å². The average Bonchev–Trinajstić information content (AvgIpc) is 3.26. The summed E-state index contributed by atoms with van der Waals surface area (Å²) in [4.78, 5) is 30.5. The maximum absolute atomic E-state index is 12.9. The molecule has 1 aromatic heterocycles. The van der Waals surface area contributed by atoms with Crippen molar-refractivity contribution in [3.05, 3.63) is 53.3 Å². The van der Waals surface area contributed by atoms with Gasteiger partial charge in [-0.2, -0.15) is 0 Å². The SMILES string of the molecule is O=C1CC2(CCCC2)C(=O)N1c1ccc(S(=O)(=O)NCc2cccnc2)cc1Cl. The zero-order valence-corrected chi connectivity index (χ0v) is 17.2. The van der Waals surface area contributed by atoms with Gasteiger partial charge in [0.05, 0.1) is 21.0 Å². The largest absolute Gasteiger partial charge is 0.274 e. The van der Waals surface area contributed by atoms with Gasteiger partial charge in [0.1, 0.15) is 0 Å². The number of aromatic nitrogens is 1. The first-order chi connectivity index (χ1) is 13.8. The number of hydrogen-bond acceptors (Lipinski definition) is 5. The van der Waals surface area contributed by atoms with Crippen molar-refractivity contribution < 1.29 is 18.0 Å². The van der Waals surface area contributed by atoms with E-state index in [2.05, 4.69) is 9.71 Å². The number of sulfonamides is 1. The molecule has 29 heavy (non-hydrogen) atoms. The molecule has 152 valence electrons. The van der Waals surface area contributed by atoms with Gasteiger partial charge in [-0.25, -0.2) is 18.0 Å². The summed E-state index contributed by atoms with van der Waals surface area (Å²) < 4.78 is 27.7. The number of halogens is 1. The molecular weight excluding hydrogens is 414 g/mol. The molecule has 1 N–H and O–H groups in total. The lowest BCUT2D eigenvalue weighted by atomic mass is 9.84. The molecule has 2 heterocycles. The predicted octanol–water partition coefficient (Wildman–Crippen LogP) is 3.04. The number of carbonyl (C=O) groups is 2. The fourth-order valence-corrected chi connectivity index (χ4v) is 5.45. The van der Waals surface area contributed by atoms with Crippen molar-refractivity contribution in [2.45, 2.75) is 43.5 Å². The van der Waals surface area contributed by atoms with E-state index in [1.54, 1.807) is 24.5 Å². The number of anilines is 1. The first-order valence-electron chi connectivity index (χ1n) is 9.38. The van der Waals surface area contributed by atoms with Gasteiger partial charge in [-0.15, -0.1) is 0 Å². The number of carbonyl (C=O) groups excluding carboxylic acids is 2. The number of hydrogen-bond donors (Lipinski definition) is 1. The van der Waals surface area contributed by atoms with Crippen LogP contribution in [0.15, 0.2) is 47.6 Å². The first kappa shape index (κ1) is 20.0. The molecule has 0 bridgehead atoms. The summed E-state index contributed by atoms with van der Waals surface area (Å²) >= 11 is 6.31. The normalized spacial score (nSPS) is 18.7. The van der Waals surface area contributed by atoms with Crippen LogP contribution in [0.25, 0.3) is 0 Å². The Labute approximate surface area is 174 Å². The Morgan fingerprint density at radius 1 is 1.17 bits per heavy atom. The lowest BCUT2D eigenvalue weighted by Gasteiger charge is -2.21. The second-order valence-electron chi connectivity index (χ2n) is 7.50. The smallest absolute Gasteiger partial charge is 0.240 e. The van der Waals surface area contributed by atoms with Gasteiger partial charge < -0.3 is 0 Å². The Balaban J connectivity index is 1.56. The second kappa shape index (κ2) is 7.51. The number of nitrogens with one attached hydrogen (secondary N) is 1. The average molecular weight is 434 g/mol. The van der Waals surface area contributed by atoms with E-state index in [1.807, 2.05) is 0 Å². The van der Waals surface area contributed by atoms with E-state index in [1.165, 1.54) is 18.2 Å². The van der Waals surface area contributed by atoms with Crippen LogP contribution in [0.1, 0.15) is 37.7 Å². The van der Waals surface area contributed by atoms with E-state index in [-0.39, 0.29) is 40.4 Å². The zero-order valence-electron chi connectivity index (χ0n) is 15.6. The third-order valence-electron chi connectivity index (χ3n) is 5.62. The van der Waals surface area contributed by atoms with Crippen molar-refractivity contribution >= 4 is 39.1 Å². The third-order valence-corrected chi connectivity index (χ3v) is 7.32. The molecule has 1 saturated heterocycles. The minimum absolute atomic E-state index is 0.0372. The molecule has 2 fully saturated rings. The van der Waals surface area contributed by atoms with Crippen LogP contribution < -0.4 is 9.62 Å². The predicted molar refractivity (Wildman–Crippen MR) is 108 cm³/mol. The molecule has 7 nitrogen and oxygen atoms in total. The molecule has 0 atom stereocenters. The monoisotopic (exact) mass is 433 g/mol. The fourth-order valence-electron chi connectivity index (χ4n) is 4.08. The second-order valence-corrected chi connectivity index (χ2v) is 9.67. The van der Waals surface area contributed by atoms with Gasteiger partial charge >= 0.3 is 0 Å². The first-order valence-corrected chi connectivity index (χ1v) is 11.2. The number of pyridine rings is 1. The maximum atomic E-state index is 12.9. The molecule has 2 amide bonds.